The summed E-state index contributed by atoms with van der Waals surface area (Å²) in [5.41, 5.74) is 0.635. The van der Waals surface area contributed by atoms with Gasteiger partial charge in [-0.1, -0.05) is 35.9 Å². The van der Waals surface area contributed by atoms with Crippen molar-refractivity contribution in [3.8, 4) is 0 Å². The molecule has 0 saturated heterocycles. The first-order chi connectivity index (χ1) is 20.6. The highest BCUT2D eigenvalue weighted by atomic mass is 35.5. The van der Waals surface area contributed by atoms with E-state index in [-0.39, 0.29) is 19.0 Å². The molecule has 0 fully saturated rings. The van der Waals surface area contributed by atoms with E-state index in [0.717, 1.165) is 18.4 Å². The molecule has 2 rings (SSSR count). The average Bonchev–Trinajstić information content (AvgIpc) is 2.94. The van der Waals surface area contributed by atoms with Gasteiger partial charge in [0.25, 0.3) is 0 Å². The number of amides is 2. The summed E-state index contributed by atoms with van der Waals surface area (Å²) < 4.78 is 79.4. The number of sulfonamides is 2. The molecule has 246 valence electrons. The average molecular weight is 679 g/mol. The van der Waals surface area contributed by atoms with E-state index in [1.807, 2.05) is 0 Å². The van der Waals surface area contributed by atoms with E-state index in [9.17, 15) is 30.8 Å². The quantitative estimate of drug-likeness (QED) is 0.202. The largest absolute Gasteiger partial charge is 0.351 e. The first kappa shape index (κ1) is 37.5. The van der Waals surface area contributed by atoms with Crippen LogP contribution in [0.2, 0.25) is 5.02 Å². The van der Waals surface area contributed by atoms with E-state index in [4.69, 9.17) is 21.1 Å². The third-order valence-corrected chi connectivity index (χ3v) is 8.62. The monoisotopic (exact) mass is 678 g/mol. The minimum absolute atomic E-state index is 0.00848. The smallest absolute Gasteiger partial charge is 0.245 e. The number of benzene rings is 2. The van der Waals surface area contributed by atoms with Gasteiger partial charge in [-0.2, -0.15) is 0 Å². The molecule has 16 heteroatoms. The Morgan fingerprint density at radius 1 is 0.955 bits per heavy atom. The topological polar surface area (TPSA) is 160 Å². The second kappa shape index (κ2) is 17.1. The molecular weight excluding hydrogens is 639 g/mol. The summed E-state index contributed by atoms with van der Waals surface area (Å²) >= 11 is 6.02. The molecule has 0 aliphatic carbocycles. The molecule has 0 aliphatic heterocycles. The molecule has 2 amide bonds. The number of ether oxygens (including phenoxy) is 2. The van der Waals surface area contributed by atoms with Crippen molar-refractivity contribution in [2.45, 2.75) is 63.4 Å². The predicted molar refractivity (Wildman–Crippen MR) is 164 cm³/mol. The highest BCUT2D eigenvalue weighted by Crippen LogP contribution is 2.16. The Kier molecular flexibility index (Phi) is 14.6. The molecule has 0 aromatic heterocycles. The van der Waals surface area contributed by atoms with E-state index >= 15 is 0 Å². The van der Waals surface area contributed by atoms with Crippen LogP contribution >= 0.6 is 11.6 Å². The number of rotatable bonds is 18. The minimum atomic E-state index is -4.48. The van der Waals surface area contributed by atoms with Gasteiger partial charge in [0, 0.05) is 37.2 Å². The van der Waals surface area contributed by atoms with Crippen molar-refractivity contribution in [1.82, 2.24) is 19.7 Å². The molecule has 2 aromatic carbocycles. The zero-order valence-electron chi connectivity index (χ0n) is 25.2. The van der Waals surface area contributed by atoms with Crippen molar-refractivity contribution >= 4 is 43.5 Å². The Balaban J connectivity index is 2.41. The van der Waals surface area contributed by atoms with Crippen LogP contribution < -0.4 is 14.8 Å². The Morgan fingerprint density at radius 3 is 2.07 bits per heavy atom. The number of halogens is 2. The van der Waals surface area contributed by atoms with Crippen LogP contribution in [0.25, 0.3) is 0 Å². The number of hydrogen-bond acceptors (Lipinski definition) is 8. The van der Waals surface area contributed by atoms with Crippen LogP contribution in [0.1, 0.15) is 33.3 Å². The molecule has 0 radical (unpaired) electrons. The molecule has 0 aliphatic rings. The van der Waals surface area contributed by atoms with Gasteiger partial charge in [0.1, 0.15) is 22.8 Å². The molecule has 0 heterocycles. The molecular formula is C28H40ClFN4O8S2. The van der Waals surface area contributed by atoms with E-state index in [2.05, 4.69) is 14.8 Å². The predicted octanol–water partition coefficient (Wildman–Crippen LogP) is 2.04. The number of carbonyl (C=O) groups excluding carboxylic acids is 2. The number of nitrogens with zero attached hydrogens (tertiary/aromatic N) is 1. The van der Waals surface area contributed by atoms with Crippen LogP contribution in [0.3, 0.4) is 0 Å². The number of nitrogens with one attached hydrogen (secondary N) is 3. The fraction of sp³-hybridized carbons (Fsp3) is 0.500. The number of hydrogen-bond donors (Lipinski definition) is 3. The summed E-state index contributed by atoms with van der Waals surface area (Å²) in [5, 5.41) is 3.04. The summed E-state index contributed by atoms with van der Waals surface area (Å²) in [6.07, 6.45) is 0.0402. The van der Waals surface area contributed by atoms with Gasteiger partial charge in [-0.15, -0.1) is 0 Å². The first-order valence-corrected chi connectivity index (χ1v) is 17.6. The van der Waals surface area contributed by atoms with Crippen molar-refractivity contribution in [3.63, 3.8) is 0 Å². The molecule has 44 heavy (non-hydrogen) atoms. The van der Waals surface area contributed by atoms with Crippen molar-refractivity contribution in [2.24, 2.45) is 0 Å². The van der Waals surface area contributed by atoms with Crippen molar-refractivity contribution < 1.29 is 40.3 Å². The zero-order valence-corrected chi connectivity index (χ0v) is 27.6. The van der Waals surface area contributed by atoms with Gasteiger partial charge in [0.05, 0.1) is 12.8 Å². The molecule has 0 bridgehead atoms. The Morgan fingerprint density at radius 2 is 1.55 bits per heavy atom. The Labute approximate surface area is 263 Å². The van der Waals surface area contributed by atoms with E-state index in [1.54, 1.807) is 52.0 Å². The fourth-order valence-corrected chi connectivity index (χ4v) is 6.11. The third-order valence-electron chi connectivity index (χ3n) is 6.20. The molecule has 2 unspecified atom stereocenters. The lowest BCUT2D eigenvalue weighted by Crippen LogP contribution is -2.59. The van der Waals surface area contributed by atoms with Crippen LogP contribution in [0.15, 0.2) is 53.4 Å². The van der Waals surface area contributed by atoms with Crippen LogP contribution in [0.5, 0.6) is 0 Å². The highest BCUT2D eigenvalue weighted by Gasteiger charge is 2.33. The van der Waals surface area contributed by atoms with E-state index in [1.165, 1.54) is 17.0 Å². The summed E-state index contributed by atoms with van der Waals surface area (Å²) in [7, 11) is -8.53. The molecule has 3 N–H and O–H groups in total. The van der Waals surface area contributed by atoms with Gasteiger partial charge in [-0.05, 0) is 57.5 Å². The van der Waals surface area contributed by atoms with Gasteiger partial charge in [-0.3, -0.25) is 9.59 Å². The van der Waals surface area contributed by atoms with E-state index < -0.39 is 67.5 Å². The lowest BCUT2D eigenvalue weighted by atomic mass is 10.0. The van der Waals surface area contributed by atoms with Crippen LogP contribution in [-0.4, -0.2) is 90.5 Å². The molecule has 0 saturated carbocycles. The zero-order chi connectivity index (χ0) is 33.1. The highest BCUT2D eigenvalue weighted by molar-refractivity contribution is 7.89. The third kappa shape index (κ3) is 12.0. The van der Waals surface area contributed by atoms with Crippen molar-refractivity contribution in [3.05, 3.63) is 64.9 Å². The van der Waals surface area contributed by atoms with Gasteiger partial charge in [0.15, 0.2) is 6.29 Å². The summed E-state index contributed by atoms with van der Waals surface area (Å²) in [4.78, 5) is 28.3. The SMILES string of the molecule is CCOC(CN(C(=O)C(Cc1ccc(Cl)cc1)NC(=O)C(CNS(=O)(=O)c1ccccc1F)NS(C)(=O)=O)C(C)C)OCC. The normalized spacial score (nSPS) is 13.6. The van der Waals surface area contributed by atoms with E-state index in [0.29, 0.717) is 23.8 Å². The second-order valence-electron chi connectivity index (χ2n) is 10.0. The van der Waals surface area contributed by atoms with Crippen LogP contribution in [0.4, 0.5) is 4.39 Å². The van der Waals surface area contributed by atoms with Gasteiger partial charge in [0.2, 0.25) is 31.9 Å². The molecule has 2 aromatic rings. The maximum atomic E-state index is 14.2. The van der Waals surface area contributed by atoms with Gasteiger partial charge < -0.3 is 19.7 Å². The fourth-order valence-electron chi connectivity index (χ4n) is 4.15. The summed E-state index contributed by atoms with van der Waals surface area (Å²) in [6, 6.07) is 7.90. The Hall–Kier alpha value is -2.66. The minimum Gasteiger partial charge on any atom is -0.351 e. The summed E-state index contributed by atoms with van der Waals surface area (Å²) in [6.45, 7) is 7.05. The lowest BCUT2D eigenvalue weighted by Gasteiger charge is -2.34. The maximum Gasteiger partial charge on any atom is 0.245 e. The Bertz CT molecular complexity index is 1450. The van der Waals surface area contributed by atoms with Crippen LogP contribution in [-0.2, 0) is 45.5 Å². The molecule has 2 atom stereocenters. The standard InChI is InChI=1S/C28H40ClFN4O8S2/c1-6-41-26(42-7-2)18-34(19(3)4)28(36)23(16-20-12-14-21(29)15-13-20)32-27(35)24(33-43(5,37)38)17-31-44(39,40)25-11-9-8-10-22(25)30/h8-15,19,23-24,26,31,33H,6-7,16-18H2,1-5H3,(H,32,35). The van der Waals surface area contributed by atoms with Crippen LogP contribution in [0, 0.1) is 5.82 Å². The first-order valence-electron chi connectivity index (χ1n) is 13.9. The lowest BCUT2D eigenvalue weighted by molar-refractivity contribution is -0.163. The van der Waals surface area contributed by atoms with Crippen molar-refractivity contribution in [1.29, 1.82) is 0 Å². The number of carbonyl (C=O) groups is 2. The molecule has 12 nitrogen and oxygen atoms in total. The second-order valence-corrected chi connectivity index (χ2v) is 14.0. The summed E-state index contributed by atoms with van der Waals surface area (Å²) in [5.74, 6) is -2.54. The van der Waals surface area contributed by atoms with Gasteiger partial charge >= 0.3 is 0 Å². The van der Waals surface area contributed by atoms with Gasteiger partial charge in [-0.25, -0.2) is 30.7 Å². The van der Waals surface area contributed by atoms with Crippen molar-refractivity contribution in [2.75, 3.05) is 32.6 Å². The molecule has 0 spiro atoms. The maximum absolute atomic E-state index is 14.2.